The lowest BCUT2D eigenvalue weighted by Crippen LogP contribution is -2.51. The third kappa shape index (κ3) is 5.01. The van der Waals surface area contributed by atoms with E-state index in [9.17, 15) is 18.0 Å². The van der Waals surface area contributed by atoms with Gasteiger partial charge in [-0.2, -0.15) is 0 Å². The molecule has 0 atom stereocenters. The highest BCUT2D eigenvalue weighted by Crippen LogP contribution is 2.29. The monoisotopic (exact) mass is 455 g/mol. The Hall–Kier alpha value is -2.29. The summed E-state index contributed by atoms with van der Waals surface area (Å²) in [7, 11) is -4.03. The van der Waals surface area contributed by atoms with E-state index in [1.165, 1.54) is 30.3 Å². The average Bonchev–Trinajstić information content (AvgIpc) is 2.71. The summed E-state index contributed by atoms with van der Waals surface area (Å²) in [6, 6.07) is 12.2. The highest BCUT2D eigenvalue weighted by Gasteiger charge is 2.30. The second-order valence-corrected chi connectivity index (χ2v) is 9.21. The molecule has 0 radical (unpaired) electrons. The van der Waals surface area contributed by atoms with E-state index in [2.05, 4.69) is 0 Å². The van der Waals surface area contributed by atoms with Crippen LogP contribution in [0.4, 0.5) is 5.69 Å². The highest BCUT2D eigenvalue weighted by atomic mass is 35.5. The number of anilines is 1. The number of hydrogen-bond donors (Lipinski definition) is 0. The Morgan fingerprint density at radius 2 is 1.59 bits per heavy atom. The van der Waals surface area contributed by atoms with Crippen molar-refractivity contribution in [2.75, 3.05) is 37.0 Å². The molecule has 0 unspecified atom stereocenters. The van der Waals surface area contributed by atoms with Crippen LogP contribution in [0, 0.1) is 0 Å². The average molecular weight is 456 g/mol. The van der Waals surface area contributed by atoms with Gasteiger partial charge >= 0.3 is 0 Å². The van der Waals surface area contributed by atoms with Gasteiger partial charge in [0, 0.05) is 36.2 Å². The van der Waals surface area contributed by atoms with E-state index in [1.807, 2.05) is 0 Å². The molecule has 10 heteroatoms. The van der Waals surface area contributed by atoms with Gasteiger partial charge in [0.25, 0.3) is 10.0 Å². The number of piperazine rings is 1. The minimum Gasteiger partial charge on any atom is -0.342 e. The molecule has 1 aliphatic heterocycles. The smallest absolute Gasteiger partial charge is 0.264 e. The van der Waals surface area contributed by atoms with Crippen molar-refractivity contribution in [1.82, 2.24) is 9.80 Å². The van der Waals surface area contributed by atoms with Gasteiger partial charge in [0.2, 0.25) is 12.3 Å². The highest BCUT2D eigenvalue weighted by molar-refractivity contribution is 7.92. The lowest BCUT2D eigenvalue weighted by molar-refractivity contribution is -0.133. The zero-order chi connectivity index (χ0) is 21.0. The van der Waals surface area contributed by atoms with Crippen LogP contribution in [0.2, 0.25) is 10.0 Å². The Morgan fingerprint density at radius 3 is 2.14 bits per heavy atom. The molecule has 2 aromatic carbocycles. The van der Waals surface area contributed by atoms with Crippen molar-refractivity contribution in [3.8, 4) is 0 Å². The number of hydrogen-bond acceptors (Lipinski definition) is 4. The van der Waals surface area contributed by atoms with E-state index in [0.29, 0.717) is 26.2 Å². The summed E-state index contributed by atoms with van der Waals surface area (Å²) in [4.78, 5) is 26.9. The normalized spacial score (nSPS) is 14.6. The summed E-state index contributed by atoms with van der Waals surface area (Å²) < 4.78 is 27.6. The first-order chi connectivity index (χ1) is 13.8. The van der Waals surface area contributed by atoms with E-state index >= 15 is 0 Å². The molecule has 0 bridgehead atoms. The third-order valence-corrected chi connectivity index (χ3v) is 6.79. The van der Waals surface area contributed by atoms with Gasteiger partial charge in [-0.25, -0.2) is 8.42 Å². The fourth-order valence-electron chi connectivity index (χ4n) is 3.02. The molecule has 0 aliphatic carbocycles. The number of benzene rings is 2. The van der Waals surface area contributed by atoms with Crippen molar-refractivity contribution in [1.29, 1.82) is 0 Å². The molecule has 7 nitrogen and oxygen atoms in total. The topological polar surface area (TPSA) is 78.0 Å². The first kappa shape index (κ1) is 21.4. The number of halogens is 2. The Morgan fingerprint density at radius 1 is 1.00 bits per heavy atom. The Labute approximate surface area is 179 Å². The minimum atomic E-state index is -4.03. The Bertz CT molecular complexity index is 974. The van der Waals surface area contributed by atoms with E-state index in [4.69, 9.17) is 23.2 Å². The van der Waals surface area contributed by atoms with Gasteiger partial charge in [-0.3, -0.25) is 13.9 Å². The molecule has 2 amide bonds. The molecule has 0 aromatic heterocycles. The van der Waals surface area contributed by atoms with E-state index in [0.717, 1.165) is 10.7 Å². The molecule has 0 N–H and O–H groups in total. The largest absolute Gasteiger partial charge is 0.342 e. The molecule has 1 aliphatic rings. The molecular weight excluding hydrogens is 437 g/mol. The molecule has 1 saturated heterocycles. The second-order valence-electron chi connectivity index (χ2n) is 6.47. The van der Waals surface area contributed by atoms with Crippen LogP contribution in [0.15, 0.2) is 53.4 Å². The Kier molecular flexibility index (Phi) is 6.66. The van der Waals surface area contributed by atoms with Crippen LogP contribution in [-0.2, 0) is 19.6 Å². The van der Waals surface area contributed by atoms with Gasteiger partial charge in [0.05, 0.1) is 10.6 Å². The maximum absolute atomic E-state index is 13.3. The summed E-state index contributed by atoms with van der Waals surface area (Å²) in [5.41, 5.74) is 0.200. The van der Waals surface area contributed by atoms with Crippen molar-refractivity contribution in [2.24, 2.45) is 0 Å². The quantitative estimate of drug-likeness (QED) is 0.626. The van der Waals surface area contributed by atoms with E-state index in [-0.39, 0.29) is 26.5 Å². The van der Waals surface area contributed by atoms with Gasteiger partial charge in [0.1, 0.15) is 6.54 Å². The number of amides is 2. The molecule has 3 rings (SSSR count). The van der Waals surface area contributed by atoms with Crippen molar-refractivity contribution < 1.29 is 18.0 Å². The summed E-state index contributed by atoms with van der Waals surface area (Å²) in [5.74, 6) is -0.369. The number of nitrogens with zero attached hydrogens (tertiary/aromatic N) is 3. The molecule has 0 saturated carbocycles. The van der Waals surface area contributed by atoms with Crippen LogP contribution in [0.5, 0.6) is 0 Å². The van der Waals surface area contributed by atoms with Crippen molar-refractivity contribution in [3.05, 3.63) is 58.6 Å². The maximum atomic E-state index is 13.3. The fourth-order valence-corrected chi connectivity index (χ4v) is 4.95. The molecule has 0 spiro atoms. The molecule has 1 fully saturated rings. The van der Waals surface area contributed by atoms with Crippen molar-refractivity contribution in [2.45, 2.75) is 4.90 Å². The van der Waals surface area contributed by atoms with Crippen molar-refractivity contribution in [3.63, 3.8) is 0 Å². The number of carbonyl (C=O) groups is 2. The van der Waals surface area contributed by atoms with E-state index < -0.39 is 16.6 Å². The minimum absolute atomic E-state index is 0.0506. The Balaban J connectivity index is 1.93. The summed E-state index contributed by atoms with van der Waals surface area (Å²) in [5, 5.41) is 0.514. The predicted octanol–water partition coefficient (Wildman–Crippen LogP) is 2.49. The van der Waals surface area contributed by atoms with Crippen LogP contribution in [0.25, 0.3) is 0 Å². The fraction of sp³-hybridized carbons (Fsp3) is 0.263. The maximum Gasteiger partial charge on any atom is 0.264 e. The number of rotatable bonds is 6. The SMILES string of the molecule is O=CN1CCN(C(=O)CN(c2cc(Cl)cc(Cl)c2)S(=O)(=O)c2ccccc2)CC1. The summed E-state index contributed by atoms with van der Waals surface area (Å²) >= 11 is 12.1. The van der Waals surface area contributed by atoms with Gasteiger partial charge in [-0.1, -0.05) is 41.4 Å². The van der Waals surface area contributed by atoms with Gasteiger partial charge < -0.3 is 9.80 Å². The lowest BCUT2D eigenvalue weighted by Gasteiger charge is -2.34. The van der Waals surface area contributed by atoms with Crippen LogP contribution in [-0.4, -0.2) is 63.3 Å². The summed E-state index contributed by atoms with van der Waals surface area (Å²) in [6.45, 7) is 1.09. The van der Waals surface area contributed by atoms with Crippen molar-refractivity contribution >= 4 is 51.2 Å². The van der Waals surface area contributed by atoms with Crippen LogP contribution in [0.1, 0.15) is 0 Å². The van der Waals surface area contributed by atoms with Crippen LogP contribution < -0.4 is 4.31 Å². The number of sulfonamides is 1. The number of carbonyl (C=O) groups excluding carboxylic acids is 2. The van der Waals surface area contributed by atoms with Gasteiger partial charge in [-0.05, 0) is 30.3 Å². The van der Waals surface area contributed by atoms with Crippen LogP contribution >= 0.6 is 23.2 Å². The molecular formula is C19H19Cl2N3O4S. The molecule has 154 valence electrons. The first-order valence-corrected chi connectivity index (χ1v) is 11.0. The standard InChI is InChI=1S/C19H19Cl2N3O4S/c20-15-10-16(21)12-17(11-15)24(29(27,28)18-4-2-1-3-5-18)13-19(26)23-8-6-22(14-25)7-9-23/h1-5,10-12,14H,6-9,13H2. The van der Waals surface area contributed by atoms with Crippen LogP contribution in [0.3, 0.4) is 0 Å². The van der Waals surface area contributed by atoms with Gasteiger partial charge in [-0.15, -0.1) is 0 Å². The summed E-state index contributed by atoms with van der Waals surface area (Å²) in [6.07, 6.45) is 0.738. The predicted molar refractivity (Wildman–Crippen MR) is 112 cm³/mol. The first-order valence-electron chi connectivity index (χ1n) is 8.82. The van der Waals surface area contributed by atoms with Gasteiger partial charge in [0.15, 0.2) is 0 Å². The zero-order valence-corrected chi connectivity index (χ0v) is 17.7. The molecule has 29 heavy (non-hydrogen) atoms. The van der Waals surface area contributed by atoms with E-state index in [1.54, 1.807) is 28.0 Å². The second kappa shape index (κ2) is 9.02. The third-order valence-electron chi connectivity index (χ3n) is 4.56. The zero-order valence-electron chi connectivity index (χ0n) is 15.4. The molecule has 1 heterocycles. The lowest BCUT2D eigenvalue weighted by atomic mass is 10.3. The molecule has 2 aromatic rings.